The largest absolute Gasteiger partial charge is 0.479 e. The van der Waals surface area contributed by atoms with Crippen molar-refractivity contribution in [2.24, 2.45) is 0 Å². The average Bonchev–Trinajstić information content (AvgIpc) is 3.39. The van der Waals surface area contributed by atoms with E-state index in [4.69, 9.17) is 4.74 Å². The van der Waals surface area contributed by atoms with Gasteiger partial charge in [0.1, 0.15) is 23.4 Å². The minimum absolute atomic E-state index is 0.129. The molecule has 1 saturated heterocycles. The van der Waals surface area contributed by atoms with Crippen molar-refractivity contribution in [3.05, 3.63) is 30.5 Å². The van der Waals surface area contributed by atoms with E-state index in [2.05, 4.69) is 25.7 Å². The van der Waals surface area contributed by atoms with Crippen LogP contribution in [-0.4, -0.2) is 80.1 Å². The number of hydrogen-bond acceptors (Lipinski definition) is 7. The van der Waals surface area contributed by atoms with Crippen molar-refractivity contribution < 1.29 is 13.5 Å². The summed E-state index contributed by atoms with van der Waals surface area (Å²) in [6.45, 7) is 2.80. The number of hydrogen-bond donors (Lipinski definition) is 1. The van der Waals surface area contributed by atoms with Crippen LogP contribution in [0.3, 0.4) is 0 Å². The van der Waals surface area contributed by atoms with Crippen molar-refractivity contribution in [3.63, 3.8) is 0 Å². The summed E-state index contributed by atoms with van der Waals surface area (Å²) in [7, 11) is 3.45. The van der Waals surface area contributed by atoms with E-state index in [9.17, 15) is 8.78 Å². The zero-order valence-corrected chi connectivity index (χ0v) is 18.7. The van der Waals surface area contributed by atoms with Crippen molar-refractivity contribution >= 4 is 22.5 Å². The van der Waals surface area contributed by atoms with E-state index in [1.54, 1.807) is 16.3 Å². The zero-order chi connectivity index (χ0) is 23.1. The summed E-state index contributed by atoms with van der Waals surface area (Å²) >= 11 is 0. The van der Waals surface area contributed by atoms with Gasteiger partial charge in [0.05, 0.1) is 25.2 Å². The average molecular weight is 457 g/mol. The lowest BCUT2D eigenvalue weighted by molar-refractivity contribution is 0.149. The summed E-state index contributed by atoms with van der Waals surface area (Å²) < 4.78 is 36.9. The third kappa shape index (κ3) is 4.08. The maximum atomic E-state index is 14.5. The normalized spacial score (nSPS) is 20.4. The van der Waals surface area contributed by atoms with Gasteiger partial charge in [0.15, 0.2) is 0 Å². The molecule has 0 radical (unpaired) electrons. The molecule has 9 nitrogen and oxygen atoms in total. The fourth-order valence-electron chi connectivity index (χ4n) is 4.32. The summed E-state index contributed by atoms with van der Waals surface area (Å²) in [5.41, 5.74) is 3.84. The third-order valence-electron chi connectivity index (χ3n) is 5.98. The van der Waals surface area contributed by atoms with Gasteiger partial charge in [-0.1, -0.05) is 11.3 Å². The number of halogens is 2. The molecule has 11 heteroatoms. The van der Waals surface area contributed by atoms with Crippen LogP contribution in [0.4, 0.5) is 14.7 Å². The Hall–Kier alpha value is -3.34. The van der Waals surface area contributed by atoms with E-state index in [1.165, 1.54) is 6.92 Å². The van der Waals surface area contributed by atoms with E-state index in [0.29, 0.717) is 35.8 Å². The van der Waals surface area contributed by atoms with Gasteiger partial charge >= 0.3 is 0 Å². The molecule has 1 aliphatic rings. The first-order chi connectivity index (χ1) is 15.9. The van der Waals surface area contributed by atoms with E-state index in [-0.39, 0.29) is 12.6 Å². The second kappa shape index (κ2) is 8.54. The van der Waals surface area contributed by atoms with Crippen LogP contribution in [-0.2, 0) is 6.54 Å². The third-order valence-corrected chi connectivity index (χ3v) is 5.98. The molecule has 0 bridgehead atoms. The molecule has 5 rings (SSSR count). The van der Waals surface area contributed by atoms with Crippen LogP contribution in [0.25, 0.3) is 27.7 Å². The predicted molar refractivity (Wildman–Crippen MR) is 121 cm³/mol. The quantitative estimate of drug-likeness (QED) is 0.477. The van der Waals surface area contributed by atoms with E-state index in [1.807, 2.05) is 42.4 Å². The minimum Gasteiger partial charge on any atom is -0.479 e. The number of fused-ring (bicyclic) bond motifs is 2. The van der Waals surface area contributed by atoms with Gasteiger partial charge in [-0.2, -0.15) is 4.98 Å². The van der Waals surface area contributed by atoms with Gasteiger partial charge < -0.3 is 15.0 Å². The number of alkyl halides is 2. The first-order valence-corrected chi connectivity index (χ1v) is 10.9. The van der Waals surface area contributed by atoms with Gasteiger partial charge in [0.2, 0.25) is 11.8 Å². The molecule has 0 unspecified atom stereocenters. The lowest BCUT2D eigenvalue weighted by atomic mass is 10.0. The number of nitrogens with one attached hydrogen (secondary N) is 1. The van der Waals surface area contributed by atoms with Crippen LogP contribution in [0.2, 0.25) is 0 Å². The Morgan fingerprint density at radius 1 is 1.30 bits per heavy atom. The lowest BCUT2D eigenvalue weighted by Crippen LogP contribution is -2.46. The van der Waals surface area contributed by atoms with Gasteiger partial charge in [-0.15, -0.1) is 10.2 Å². The molecule has 3 aromatic heterocycles. The van der Waals surface area contributed by atoms with Crippen molar-refractivity contribution in [2.75, 3.05) is 32.6 Å². The van der Waals surface area contributed by atoms with Crippen molar-refractivity contribution in [1.82, 2.24) is 34.5 Å². The van der Waals surface area contributed by atoms with Crippen LogP contribution in [0.15, 0.2) is 30.5 Å². The number of aromatic nitrogens is 6. The first-order valence-electron chi connectivity index (χ1n) is 10.9. The minimum atomic E-state index is -1.04. The number of ether oxygens (including phenoxy) is 1. The Kier molecular flexibility index (Phi) is 5.57. The molecule has 1 fully saturated rings. The molecule has 4 aromatic rings. The second-order valence-electron chi connectivity index (χ2n) is 8.54. The summed E-state index contributed by atoms with van der Waals surface area (Å²) in [6, 6.07) is 7.26. The molecule has 3 atom stereocenters. The van der Waals surface area contributed by atoms with Gasteiger partial charge in [-0.3, -0.25) is 0 Å². The maximum Gasteiger partial charge on any atom is 0.244 e. The van der Waals surface area contributed by atoms with Gasteiger partial charge in [0, 0.05) is 24.8 Å². The van der Waals surface area contributed by atoms with Crippen LogP contribution < -0.4 is 10.1 Å². The monoisotopic (exact) mass is 456 g/mol. The van der Waals surface area contributed by atoms with E-state index < -0.39 is 12.3 Å². The number of benzene rings is 1. The summed E-state index contributed by atoms with van der Waals surface area (Å²) in [6.07, 6.45) is 0.427. The van der Waals surface area contributed by atoms with Crippen LogP contribution in [0.5, 0.6) is 5.88 Å². The molecule has 1 N–H and O–H groups in total. The first kappa shape index (κ1) is 21.5. The van der Waals surface area contributed by atoms with Crippen LogP contribution in [0, 0.1) is 0 Å². The maximum absolute atomic E-state index is 14.5. The summed E-state index contributed by atoms with van der Waals surface area (Å²) in [5, 5.41) is 15.9. The highest BCUT2D eigenvalue weighted by Crippen LogP contribution is 2.33. The van der Waals surface area contributed by atoms with Gasteiger partial charge in [-0.05, 0) is 44.2 Å². The SMILES string of the molecule is COc1nc(N[C@@H]2CCN(C)C[C@@H]2F)nn2ccc(-c3ccc4nnn(C[C@H](C)F)c4c3)c12. The molecule has 0 amide bonds. The van der Waals surface area contributed by atoms with Crippen LogP contribution >= 0.6 is 0 Å². The highest BCUT2D eigenvalue weighted by Gasteiger charge is 2.28. The number of piperidine rings is 1. The smallest absolute Gasteiger partial charge is 0.244 e. The molecule has 174 valence electrons. The molecule has 33 heavy (non-hydrogen) atoms. The van der Waals surface area contributed by atoms with Crippen LogP contribution in [0.1, 0.15) is 13.3 Å². The molecule has 0 spiro atoms. The Labute approximate surface area is 189 Å². The van der Waals surface area contributed by atoms with Crippen molar-refractivity contribution in [2.45, 2.75) is 38.3 Å². The molecule has 1 aromatic carbocycles. The molecule has 0 aliphatic carbocycles. The van der Waals surface area contributed by atoms with Crippen molar-refractivity contribution in [1.29, 1.82) is 0 Å². The number of anilines is 1. The van der Waals surface area contributed by atoms with E-state index in [0.717, 1.165) is 23.2 Å². The number of rotatable bonds is 6. The number of nitrogens with zero attached hydrogens (tertiary/aromatic N) is 7. The summed E-state index contributed by atoms with van der Waals surface area (Å²) in [4.78, 5) is 6.48. The Bertz CT molecular complexity index is 1290. The molecule has 0 saturated carbocycles. The Balaban J connectivity index is 1.51. The standard InChI is InChI=1S/C22H26F2N8O/c1-13(23)11-32-19-10-14(4-5-18(19)27-29-32)15-6-9-31-20(15)21(33-3)26-22(28-31)25-17-7-8-30(2)12-16(17)24/h4-6,9-10,13,16-17H,7-8,11-12H2,1-3H3,(H,25,28)/t13-,16-,17+/m0/s1. The molecular weight excluding hydrogens is 430 g/mol. The molecule has 1 aliphatic heterocycles. The Morgan fingerprint density at radius 3 is 2.91 bits per heavy atom. The second-order valence-corrected chi connectivity index (χ2v) is 8.54. The van der Waals surface area contributed by atoms with E-state index >= 15 is 0 Å². The van der Waals surface area contributed by atoms with Crippen molar-refractivity contribution in [3.8, 4) is 17.0 Å². The number of methoxy groups -OCH3 is 1. The summed E-state index contributed by atoms with van der Waals surface area (Å²) in [5.74, 6) is 0.688. The fourth-order valence-corrected chi connectivity index (χ4v) is 4.32. The van der Waals surface area contributed by atoms with Gasteiger partial charge in [-0.25, -0.2) is 18.0 Å². The van der Waals surface area contributed by atoms with Gasteiger partial charge in [0.25, 0.3) is 0 Å². The number of likely N-dealkylation sites (tertiary alicyclic amines) is 1. The topological polar surface area (TPSA) is 85.4 Å². The zero-order valence-electron chi connectivity index (χ0n) is 18.7. The fraction of sp³-hybridized carbons (Fsp3) is 0.455. The molecule has 4 heterocycles. The highest BCUT2D eigenvalue weighted by atomic mass is 19.1. The predicted octanol–water partition coefficient (Wildman–Crippen LogP) is 2.96. The highest BCUT2D eigenvalue weighted by molar-refractivity contribution is 5.89. The lowest BCUT2D eigenvalue weighted by Gasteiger charge is -2.32. The Morgan fingerprint density at radius 2 is 2.15 bits per heavy atom. The molecular formula is C22H26F2N8O.